The van der Waals surface area contributed by atoms with Crippen molar-refractivity contribution in [3.05, 3.63) is 76.8 Å². The van der Waals surface area contributed by atoms with Gasteiger partial charge in [0.25, 0.3) is 5.91 Å². The van der Waals surface area contributed by atoms with Crippen LogP contribution in [0, 0.1) is 5.41 Å². The van der Waals surface area contributed by atoms with Gasteiger partial charge in [-0.3, -0.25) is 9.59 Å². The maximum atomic E-state index is 13.2. The molecule has 0 unspecified atom stereocenters. The van der Waals surface area contributed by atoms with Crippen LogP contribution in [-0.4, -0.2) is 43.5 Å². The average Bonchev–Trinajstić information content (AvgIpc) is 2.90. The van der Waals surface area contributed by atoms with Crippen molar-refractivity contribution in [2.45, 2.75) is 32.2 Å². The van der Waals surface area contributed by atoms with Crippen LogP contribution in [0.1, 0.15) is 36.7 Å². The lowest BCUT2D eigenvalue weighted by atomic mass is 9.95. The Morgan fingerprint density at radius 2 is 1.65 bits per heavy atom. The molecule has 0 atom stereocenters. The van der Waals surface area contributed by atoms with Gasteiger partial charge in [-0.2, -0.15) is 0 Å². The molecule has 4 aromatic rings. The molecule has 11 heteroatoms. The number of hydrogen-bond donors (Lipinski definition) is 3. The smallest absolute Gasteiger partial charge is 0.257 e. The number of halogens is 1. The van der Waals surface area contributed by atoms with Crippen molar-refractivity contribution in [2.24, 2.45) is 5.41 Å². The number of nitrogens with one attached hydrogen (secondary N) is 3. The van der Waals surface area contributed by atoms with Crippen molar-refractivity contribution in [3.63, 3.8) is 0 Å². The second kappa shape index (κ2) is 11.2. The summed E-state index contributed by atoms with van der Waals surface area (Å²) in [7, 11) is -1.59. The molecule has 2 amide bonds. The second-order valence-electron chi connectivity index (χ2n) is 10.4. The summed E-state index contributed by atoms with van der Waals surface area (Å²) in [6.45, 7) is 5.75. The van der Waals surface area contributed by atoms with E-state index in [-0.39, 0.29) is 27.9 Å². The third-order valence-electron chi connectivity index (χ3n) is 6.14. The number of sulfone groups is 1. The first-order chi connectivity index (χ1) is 18.8. The highest BCUT2D eigenvalue weighted by atomic mass is 35.5. The normalized spacial score (nSPS) is 11.8. The van der Waals surface area contributed by atoms with Crippen LogP contribution in [0.5, 0.6) is 0 Å². The first-order valence-corrected chi connectivity index (χ1v) is 14.7. The van der Waals surface area contributed by atoms with Crippen molar-refractivity contribution in [2.75, 3.05) is 23.9 Å². The molecule has 4 rings (SSSR count). The van der Waals surface area contributed by atoms with E-state index in [9.17, 15) is 18.0 Å². The quantitative estimate of drug-likeness (QED) is 0.270. The van der Waals surface area contributed by atoms with Crippen LogP contribution >= 0.6 is 11.6 Å². The minimum absolute atomic E-state index is 0.0988. The topological polar surface area (TPSA) is 130 Å². The number of nitrogens with zero attached hydrogens (tertiary/aromatic N) is 2. The molecule has 0 saturated carbocycles. The first-order valence-electron chi connectivity index (χ1n) is 12.4. The Labute approximate surface area is 238 Å². The van der Waals surface area contributed by atoms with E-state index in [1.807, 2.05) is 20.8 Å². The zero-order valence-electron chi connectivity index (χ0n) is 22.8. The van der Waals surface area contributed by atoms with E-state index >= 15 is 0 Å². The summed E-state index contributed by atoms with van der Waals surface area (Å²) < 4.78 is 23.6. The number of carbonyl (C=O) groups excluding carboxylic acids is 2. The van der Waals surface area contributed by atoms with Crippen molar-refractivity contribution < 1.29 is 18.0 Å². The van der Waals surface area contributed by atoms with Gasteiger partial charge in [0.15, 0.2) is 15.7 Å². The Hall–Kier alpha value is -4.02. The molecule has 0 aliphatic heterocycles. The van der Waals surface area contributed by atoms with Crippen LogP contribution in [0.4, 0.5) is 11.5 Å². The minimum atomic E-state index is -3.33. The summed E-state index contributed by atoms with van der Waals surface area (Å²) >= 11 is 6.34. The maximum absolute atomic E-state index is 13.2. The van der Waals surface area contributed by atoms with Crippen molar-refractivity contribution >= 4 is 55.7 Å². The van der Waals surface area contributed by atoms with E-state index in [0.717, 1.165) is 17.2 Å². The molecule has 0 aliphatic carbocycles. The molecule has 1 heterocycles. The molecule has 9 nitrogen and oxygen atoms in total. The highest BCUT2D eigenvalue weighted by Crippen LogP contribution is 2.28. The lowest BCUT2D eigenvalue weighted by molar-refractivity contribution is -0.128. The number of carbonyl (C=O) groups is 2. The molecule has 3 aromatic carbocycles. The maximum Gasteiger partial charge on any atom is 0.257 e. The predicted octanol–water partition coefficient (Wildman–Crippen LogP) is 5.31. The van der Waals surface area contributed by atoms with Gasteiger partial charge in [-0.15, -0.1) is 0 Å². The molecular formula is C29H30ClN5O4S. The van der Waals surface area contributed by atoms with Gasteiger partial charge in [-0.05, 0) is 60.2 Å². The lowest BCUT2D eigenvalue weighted by Gasteiger charge is -2.18. The molecule has 0 bridgehead atoms. The van der Waals surface area contributed by atoms with Crippen molar-refractivity contribution in [1.82, 2.24) is 15.3 Å². The fraction of sp³-hybridized carbons (Fsp3) is 0.241. The lowest BCUT2D eigenvalue weighted by Crippen LogP contribution is -2.34. The zero-order valence-corrected chi connectivity index (χ0v) is 24.4. The number of rotatable bonds is 7. The molecule has 208 valence electrons. The second-order valence-corrected chi connectivity index (χ2v) is 12.8. The SMILES string of the molecule is CNc1nc(-c2ccc(S(C)(=O)=O)cc2)nc2cc(NC(=O)c3cc(CNC(=O)C(C)(C)C)ccc3Cl)ccc12. The summed E-state index contributed by atoms with van der Waals surface area (Å²) in [5, 5.41) is 9.83. The van der Waals surface area contributed by atoms with Gasteiger partial charge in [0.2, 0.25) is 5.91 Å². The summed E-state index contributed by atoms with van der Waals surface area (Å²) in [4.78, 5) is 34.8. The largest absolute Gasteiger partial charge is 0.373 e. The Morgan fingerprint density at radius 1 is 0.950 bits per heavy atom. The third kappa shape index (κ3) is 6.57. The van der Waals surface area contributed by atoms with Crippen molar-refractivity contribution in [1.29, 1.82) is 0 Å². The van der Waals surface area contributed by atoms with Crippen LogP contribution in [0.25, 0.3) is 22.3 Å². The highest BCUT2D eigenvalue weighted by molar-refractivity contribution is 7.90. The molecular weight excluding hydrogens is 550 g/mol. The number of fused-ring (bicyclic) bond motifs is 1. The standard InChI is InChI=1S/C29H30ClN5O4S/c1-29(2,3)28(37)32-16-17-6-13-23(30)22(14-17)27(36)33-19-9-12-21-24(15-19)34-25(35-26(21)31-4)18-7-10-20(11-8-18)40(5,38)39/h6-15H,16H2,1-5H3,(H,32,37)(H,33,36)(H,31,34,35). The summed E-state index contributed by atoms with van der Waals surface area (Å²) in [6, 6.07) is 16.7. The van der Waals surface area contributed by atoms with Gasteiger partial charge in [0, 0.05) is 41.9 Å². The van der Waals surface area contributed by atoms with E-state index in [0.29, 0.717) is 28.4 Å². The predicted molar refractivity (Wildman–Crippen MR) is 158 cm³/mol. The molecule has 40 heavy (non-hydrogen) atoms. The van der Waals surface area contributed by atoms with Gasteiger partial charge in [-0.1, -0.05) is 38.4 Å². The van der Waals surface area contributed by atoms with Crippen LogP contribution < -0.4 is 16.0 Å². The van der Waals surface area contributed by atoms with E-state index in [4.69, 9.17) is 11.6 Å². The average molecular weight is 580 g/mol. The van der Waals surface area contributed by atoms with E-state index in [1.165, 1.54) is 12.1 Å². The molecule has 0 saturated heterocycles. The summed E-state index contributed by atoms with van der Waals surface area (Å²) in [5.41, 5.74) is 2.20. The number of benzene rings is 3. The van der Waals surface area contributed by atoms with Crippen LogP contribution in [0.3, 0.4) is 0 Å². The molecule has 0 spiro atoms. The van der Waals surface area contributed by atoms with Gasteiger partial charge in [0.05, 0.1) is 21.0 Å². The van der Waals surface area contributed by atoms with E-state index < -0.39 is 21.2 Å². The van der Waals surface area contributed by atoms with Gasteiger partial charge >= 0.3 is 0 Å². The zero-order chi connectivity index (χ0) is 29.2. The van der Waals surface area contributed by atoms with Gasteiger partial charge < -0.3 is 16.0 Å². The van der Waals surface area contributed by atoms with Crippen LogP contribution in [0.2, 0.25) is 5.02 Å². The minimum Gasteiger partial charge on any atom is -0.373 e. The Bertz CT molecular complexity index is 1720. The van der Waals surface area contributed by atoms with E-state index in [1.54, 1.807) is 55.6 Å². The van der Waals surface area contributed by atoms with E-state index in [2.05, 4.69) is 25.9 Å². The Morgan fingerprint density at radius 3 is 2.27 bits per heavy atom. The van der Waals surface area contributed by atoms with Crippen LogP contribution in [-0.2, 0) is 21.2 Å². The Kier molecular flexibility index (Phi) is 8.13. The number of aromatic nitrogens is 2. The number of amides is 2. The van der Waals surface area contributed by atoms with Crippen molar-refractivity contribution in [3.8, 4) is 11.4 Å². The Balaban J connectivity index is 1.61. The fourth-order valence-electron chi connectivity index (χ4n) is 3.88. The number of anilines is 2. The molecule has 0 radical (unpaired) electrons. The molecule has 3 N–H and O–H groups in total. The van der Waals surface area contributed by atoms with Crippen LogP contribution in [0.15, 0.2) is 65.6 Å². The summed E-state index contributed by atoms with van der Waals surface area (Å²) in [5.74, 6) is 0.470. The van der Waals surface area contributed by atoms with Gasteiger partial charge in [0.1, 0.15) is 5.82 Å². The first kappa shape index (κ1) is 29.0. The monoisotopic (exact) mass is 579 g/mol. The number of hydrogen-bond acceptors (Lipinski definition) is 7. The summed E-state index contributed by atoms with van der Waals surface area (Å²) in [6.07, 6.45) is 1.15. The molecule has 0 fully saturated rings. The molecule has 1 aromatic heterocycles. The fourth-order valence-corrected chi connectivity index (χ4v) is 4.71. The highest BCUT2D eigenvalue weighted by Gasteiger charge is 2.21. The molecule has 0 aliphatic rings. The van der Waals surface area contributed by atoms with Gasteiger partial charge in [-0.25, -0.2) is 18.4 Å². The third-order valence-corrected chi connectivity index (χ3v) is 7.60.